The van der Waals surface area contributed by atoms with Gasteiger partial charge in [0.2, 0.25) is 0 Å². The lowest BCUT2D eigenvalue weighted by Crippen LogP contribution is -2.40. The molecule has 1 heterocycles. The van der Waals surface area contributed by atoms with Gasteiger partial charge in [-0.1, -0.05) is 6.42 Å². The normalized spacial score (nSPS) is 23.7. The summed E-state index contributed by atoms with van der Waals surface area (Å²) >= 11 is 0. The Hall–Kier alpha value is -0.610. The van der Waals surface area contributed by atoms with Crippen LogP contribution in [-0.4, -0.2) is 42.1 Å². The summed E-state index contributed by atoms with van der Waals surface area (Å²) in [6.45, 7) is 6.76. The maximum atomic E-state index is 11.8. The fraction of sp³-hybridized carbons (Fsp3) is 0.929. The standard InChI is InChI=1S/C14H28N2O2/c1-14(2,3)18-13(17)12(15)9-8-11-7-5-6-10-16(11)4/h11-12H,5-10,15H2,1-4H3. The average molecular weight is 256 g/mol. The van der Waals surface area contributed by atoms with Gasteiger partial charge in [-0.15, -0.1) is 0 Å². The first kappa shape index (κ1) is 15.4. The zero-order valence-electron chi connectivity index (χ0n) is 12.2. The Morgan fingerprint density at radius 3 is 2.67 bits per heavy atom. The van der Waals surface area contributed by atoms with Crippen molar-refractivity contribution in [1.29, 1.82) is 0 Å². The SMILES string of the molecule is CN1CCCCC1CCC(N)C(=O)OC(C)(C)C. The van der Waals surface area contributed by atoms with Crippen LogP contribution in [0, 0.1) is 0 Å². The van der Waals surface area contributed by atoms with Gasteiger partial charge in [0.25, 0.3) is 0 Å². The van der Waals surface area contributed by atoms with Gasteiger partial charge in [0, 0.05) is 6.04 Å². The van der Waals surface area contributed by atoms with Crippen LogP contribution in [0.2, 0.25) is 0 Å². The molecule has 0 aromatic rings. The third kappa shape index (κ3) is 5.36. The number of rotatable bonds is 4. The van der Waals surface area contributed by atoms with Crippen molar-refractivity contribution < 1.29 is 9.53 Å². The molecule has 2 atom stereocenters. The lowest BCUT2D eigenvalue weighted by Gasteiger charge is -2.33. The van der Waals surface area contributed by atoms with Gasteiger partial charge in [0.1, 0.15) is 11.6 Å². The Balaban J connectivity index is 2.31. The number of piperidine rings is 1. The molecule has 0 aliphatic carbocycles. The molecular weight excluding hydrogens is 228 g/mol. The first-order valence-corrected chi connectivity index (χ1v) is 6.98. The van der Waals surface area contributed by atoms with E-state index in [1.54, 1.807) is 0 Å². The van der Waals surface area contributed by atoms with Gasteiger partial charge in [0.15, 0.2) is 0 Å². The van der Waals surface area contributed by atoms with Crippen molar-refractivity contribution in [3.8, 4) is 0 Å². The molecular formula is C14H28N2O2. The summed E-state index contributed by atoms with van der Waals surface area (Å²) in [6.07, 6.45) is 5.49. The molecule has 4 heteroatoms. The summed E-state index contributed by atoms with van der Waals surface area (Å²) in [5.41, 5.74) is 5.45. The quantitative estimate of drug-likeness (QED) is 0.781. The van der Waals surface area contributed by atoms with Gasteiger partial charge in [-0.2, -0.15) is 0 Å². The third-order valence-corrected chi connectivity index (χ3v) is 3.44. The lowest BCUT2D eigenvalue weighted by molar-refractivity contribution is -0.156. The van der Waals surface area contributed by atoms with Crippen molar-refractivity contribution >= 4 is 5.97 Å². The van der Waals surface area contributed by atoms with Gasteiger partial charge < -0.3 is 15.4 Å². The van der Waals surface area contributed by atoms with Crippen molar-refractivity contribution in [3.63, 3.8) is 0 Å². The van der Waals surface area contributed by atoms with E-state index < -0.39 is 11.6 Å². The Kier molecular flexibility index (Phi) is 5.60. The van der Waals surface area contributed by atoms with Crippen LogP contribution < -0.4 is 5.73 Å². The van der Waals surface area contributed by atoms with Gasteiger partial charge >= 0.3 is 5.97 Å². The minimum absolute atomic E-state index is 0.277. The predicted octanol–water partition coefficient (Wildman–Crippen LogP) is 1.92. The first-order valence-electron chi connectivity index (χ1n) is 6.98. The van der Waals surface area contributed by atoms with E-state index in [1.807, 2.05) is 20.8 Å². The molecule has 0 amide bonds. The molecule has 106 valence electrons. The minimum atomic E-state index is -0.487. The van der Waals surface area contributed by atoms with E-state index in [0.717, 1.165) is 13.0 Å². The monoisotopic (exact) mass is 256 g/mol. The minimum Gasteiger partial charge on any atom is -0.459 e. The second-order valence-electron chi connectivity index (χ2n) is 6.35. The van der Waals surface area contributed by atoms with Crippen LogP contribution >= 0.6 is 0 Å². The number of esters is 1. The number of nitrogens with two attached hydrogens (primary N) is 1. The Morgan fingerprint density at radius 1 is 1.44 bits per heavy atom. The second kappa shape index (κ2) is 6.53. The van der Waals surface area contributed by atoms with Crippen LogP contribution in [-0.2, 0) is 9.53 Å². The maximum Gasteiger partial charge on any atom is 0.323 e. The van der Waals surface area contributed by atoms with Crippen LogP contribution in [0.3, 0.4) is 0 Å². The van der Waals surface area contributed by atoms with Crippen LogP contribution in [0.25, 0.3) is 0 Å². The smallest absolute Gasteiger partial charge is 0.323 e. The molecule has 18 heavy (non-hydrogen) atoms. The summed E-state index contributed by atoms with van der Waals surface area (Å²) < 4.78 is 5.29. The highest BCUT2D eigenvalue weighted by atomic mass is 16.6. The summed E-state index contributed by atoms with van der Waals surface area (Å²) in [7, 11) is 2.16. The predicted molar refractivity (Wildman–Crippen MR) is 73.3 cm³/mol. The van der Waals surface area contributed by atoms with E-state index in [4.69, 9.17) is 10.5 Å². The lowest BCUT2D eigenvalue weighted by atomic mass is 9.97. The van der Waals surface area contributed by atoms with Crippen LogP contribution in [0.5, 0.6) is 0 Å². The first-order chi connectivity index (χ1) is 8.29. The number of hydrogen-bond donors (Lipinski definition) is 1. The van der Waals surface area contributed by atoms with Crippen molar-refractivity contribution in [3.05, 3.63) is 0 Å². The summed E-state index contributed by atoms with van der Waals surface area (Å²) in [6, 6.07) is 0.0896. The molecule has 0 radical (unpaired) electrons. The highest BCUT2D eigenvalue weighted by Crippen LogP contribution is 2.20. The number of hydrogen-bond acceptors (Lipinski definition) is 4. The molecule has 1 saturated heterocycles. The Morgan fingerprint density at radius 2 is 2.11 bits per heavy atom. The maximum absolute atomic E-state index is 11.8. The molecule has 0 bridgehead atoms. The van der Waals surface area contributed by atoms with Crippen LogP contribution in [0.15, 0.2) is 0 Å². The Bertz CT molecular complexity index is 273. The molecule has 1 rings (SSSR count). The zero-order chi connectivity index (χ0) is 13.8. The van der Waals surface area contributed by atoms with Crippen LogP contribution in [0.1, 0.15) is 52.9 Å². The van der Waals surface area contributed by atoms with E-state index in [2.05, 4.69) is 11.9 Å². The summed E-state index contributed by atoms with van der Waals surface area (Å²) in [4.78, 5) is 14.1. The van der Waals surface area contributed by atoms with E-state index in [1.165, 1.54) is 19.3 Å². The number of carbonyl (C=O) groups is 1. The molecule has 1 aliphatic heterocycles. The number of ether oxygens (including phenoxy) is 1. The van der Waals surface area contributed by atoms with Gasteiger partial charge in [-0.3, -0.25) is 4.79 Å². The van der Waals surface area contributed by atoms with Crippen molar-refractivity contribution in [2.24, 2.45) is 5.73 Å². The third-order valence-electron chi connectivity index (χ3n) is 3.44. The van der Waals surface area contributed by atoms with Crippen molar-refractivity contribution in [1.82, 2.24) is 4.90 Å². The van der Waals surface area contributed by atoms with E-state index in [-0.39, 0.29) is 5.97 Å². The molecule has 2 unspecified atom stereocenters. The fourth-order valence-corrected chi connectivity index (χ4v) is 2.38. The molecule has 0 aromatic carbocycles. The zero-order valence-corrected chi connectivity index (χ0v) is 12.2. The average Bonchev–Trinajstić information content (AvgIpc) is 2.25. The van der Waals surface area contributed by atoms with E-state index in [0.29, 0.717) is 12.5 Å². The summed E-state index contributed by atoms with van der Waals surface area (Å²) in [5.74, 6) is -0.277. The van der Waals surface area contributed by atoms with Crippen LogP contribution in [0.4, 0.5) is 0 Å². The Labute approximate surface area is 111 Å². The summed E-state index contributed by atoms with van der Waals surface area (Å²) in [5, 5.41) is 0. The van der Waals surface area contributed by atoms with Gasteiger partial charge in [0.05, 0.1) is 0 Å². The molecule has 0 saturated carbocycles. The number of nitrogens with zero attached hydrogens (tertiary/aromatic N) is 1. The molecule has 2 N–H and O–H groups in total. The van der Waals surface area contributed by atoms with E-state index >= 15 is 0 Å². The van der Waals surface area contributed by atoms with Crippen molar-refractivity contribution in [2.45, 2.75) is 70.6 Å². The highest BCUT2D eigenvalue weighted by molar-refractivity contribution is 5.75. The number of carbonyl (C=O) groups excluding carboxylic acids is 1. The molecule has 0 aromatic heterocycles. The van der Waals surface area contributed by atoms with Gasteiger partial charge in [-0.25, -0.2) is 0 Å². The molecule has 1 fully saturated rings. The second-order valence-corrected chi connectivity index (χ2v) is 6.35. The fourth-order valence-electron chi connectivity index (χ4n) is 2.38. The largest absolute Gasteiger partial charge is 0.459 e. The van der Waals surface area contributed by atoms with Gasteiger partial charge in [-0.05, 0) is 60.0 Å². The highest BCUT2D eigenvalue weighted by Gasteiger charge is 2.24. The van der Waals surface area contributed by atoms with E-state index in [9.17, 15) is 4.79 Å². The molecule has 1 aliphatic rings. The number of likely N-dealkylation sites (tertiary alicyclic amines) is 1. The topological polar surface area (TPSA) is 55.6 Å². The van der Waals surface area contributed by atoms with Crippen molar-refractivity contribution in [2.75, 3.05) is 13.6 Å². The molecule has 4 nitrogen and oxygen atoms in total. The molecule has 0 spiro atoms.